The fraction of sp³-hybridized carbons (Fsp3) is 0.200. The number of nitrogens with one attached hydrogen (secondary N) is 1. The summed E-state index contributed by atoms with van der Waals surface area (Å²) in [5, 5.41) is 2.66. The minimum atomic E-state index is -0.454. The summed E-state index contributed by atoms with van der Waals surface area (Å²) in [5.41, 5.74) is 1.83. The maximum absolute atomic E-state index is 11.5. The van der Waals surface area contributed by atoms with Crippen LogP contribution in [0.4, 0.5) is 4.79 Å². The van der Waals surface area contributed by atoms with Crippen LogP contribution in [0.5, 0.6) is 5.88 Å². The number of methoxy groups -OCH3 is 1. The quantitative estimate of drug-likeness (QED) is 0.908. The number of hydrogen-bond donors (Lipinski definition) is 1. The molecule has 0 spiro atoms. The van der Waals surface area contributed by atoms with E-state index in [1.807, 2.05) is 36.4 Å². The van der Waals surface area contributed by atoms with Crippen molar-refractivity contribution in [3.05, 3.63) is 59.8 Å². The zero-order valence-corrected chi connectivity index (χ0v) is 11.2. The second kappa shape index (κ2) is 7.13. The summed E-state index contributed by atoms with van der Waals surface area (Å²) >= 11 is 0. The number of alkyl carbamates (subject to hydrolysis) is 1. The van der Waals surface area contributed by atoms with Gasteiger partial charge in [0.1, 0.15) is 6.61 Å². The van der Waals surface area contributed by atoms with E-state index < -0.39 is 6.09 Å². The number of benzene rings is 1. The zero-order chi connectivity index (χ0) is 14.2. The lowest BCUT2D eigenvalue weighted by Crippen LogP contribution is -2.23. The molecule has 0 bridgehead atoms. The van der Waals surface area contributed by atoms with Crippen LogP contribution in [0.2, 0.25) is 0 Å². The molecule has 0 unspecified atom stereocenters. The van der Waals surface area contributed by atoms with E-state index in [-0.39, 0.29) is 6.61 Å². The van der Waals surface area contributed by atoms with Crippen LogP contribution >= 0.6 is 0 Å². The number of amides is 1. The number of carbonyl (C=O) groups excluding carboxylic acids is 1. The Bertz CT molecular complexity index is 541. The molecule has 0 aliphatic rings. The molecule has 0 saturated heterocycles. The molecule has 5 nitrogen and oxygen atoms in total. The third kappa shape index (κ3) is 4.28. The second-order valence-electron chi connectivity index (χ2n) is 4.12. The molecular formula is C15H16N2O3. The highest BCUT2D eigenvalue weighted by molar-refractivity contribution is 5.67. The minimum Gasteiger partial charge on any atom is -0.481 e. The van der Waals surface area contributed by atoms with Gasteiger partial charge < -0.3 is 14.8 Å². The predicted molar refractivity (Wildman–Crippen MR) is 74.3 cm³/mol. The van der Waals surface area contributed by atoms with Crippen LogP contribution in [0.15, 0.2) is 48.7 Å². The molecule has 2 aromatic rings. The largest absolute Gasteiger partial charge is 0.481 e. The van der Waals surface area contributed by atoms with Crippen molar-refractivity contribution >= 4 is 6.09 Å². The molecule has 1 aromatic heterocycles. The summed E-state index contributed by atoms with van der Waals surface area (Å²) in [4.78, 5) is 15.6. The van der Waals surface area contributed by atoms with Gasteiger partial charge in [0.2, 0.25) is 5.88 Å². The molecule has 20 heavy (non-hydrogen) atoms. The summed E-state index contributed by atoms with van der Waals surface area (Å²) in [6.45, 7) is 0.623. The van der Waals surface area contributed by atoms with E-state index in [1.165, 1.54) is 0 Å². The van der Waals surface area contributed by atoms with Crippen LogP contribution in [0.3, 0.4) is 0 Å². The molecule has 0 saturated carbocycles. The van der Waals surface area contributed by atoms with Crippen molar-refractivity contribution in [2.24, 2.45) is 0 Å². The average molecular weight is 272 g/mol. The first kappa shape index (κ1) is 13.9. The van der Waals surface area contributed by atoms with Crippen molar-refractivity contribution in [3.63, 3.8) is 0 Å². The van der Waals surface area contributed by atoms with Crippen molar-refractivity contribution in [1.82, 2.24) is 10.3 Å². The van der Waals surface area contributed by atoms with E-state index >= 15 is 0 Å². The van der Waals surface area contributed by atoms with Crippen molar-refractivity contribution in [3.8, 4) is 5.88 Å². The van der Waals surface area contributed by atoms with Gasteiger partial charge in [0.25, 0.3) is 0 Å². The first-order chi connectivity index (χ1) is 9.78. The molecule has 1 heterocycles. The Balaban J connectivity index is 1.74. The number of hydrogen-bond acceptors (Lipinski definition) is 4. The Kier molecular flexibility index (Phi) is 4.94. The topological polar surface area (TPSA) is 60.5 Å². The number of aromatic nitrogens is 1. The Labute approximate surface area is 117 Å². The summed E-state index contributed by atoms with van der Waals surface area (Å²) in [6, 6.07) is 13.1. The summed E-state index contributed by atoms with van der Waals surface area (Å²) in [5.74, 6) is 0.542. The monoisotopic (exact) mass is 272 g/mol. The van der Waals surface area contributed by atoms with Crippen LogP contribution in [0, 0.1) is 0 Å². The number of carbonyl (C=O) groups is 1. The fourth-order valence-corrected chi connectivity index (χ4v) is 1.58. The second-order valence-corrected chi connectivity index (χ2v) is 4.12. The molecule has 0 atom stereocenters. The van der Waals surface area contributed by atoms with E-state index in [9.17, 15) is 4.79 Å². The van der Waals surface area contributed by atoms with Gasteiger partial charge in [-0.25, -0.2) is 9.78 Å². The Morgan fingerprint density at radius 3 is 2.60 bits per heavy atom. The predicted octanol–water partition coefficient (Wildman–Crippen LogP) is 2.52. The summed E-state index contributed by atoms with van der Waals surface area (Å²) < 4.78 is 10.1. The Hall–Kier alpha value is -2.56. The first-order valence-corrected chi connectivity index (χ1v) is 6.21. The maximum Gasteiger partial charge on any atom is 0.407 e. The van der Waals surface area contributed by atoms with E-state index in [4.69, 9.17) is 9.47 Å². The highest BCUT2D eigenvalue weighted by Gasteiger charge is 2.03. The normalized spacial score (nSPS) is 9.85. The molecule has 1 aromatic carbocycles. The molecule has 0 fully saturated rings. The molecule has 104 valence electrons. The molecular weight excluding hydrogens is 256 g/mol. The van der Waals surface area contributed by atoms with E-state index in [2.05, 4.69) is 10.3 Å². The van der Waals surface area contributed by atoms with Gasteiger partial charge in [0.15, 0.2) is 0 Å². The maximum atomic E-state index is 11.5. The van der Waals surface area contributed by atoms with Crippen molar-refractivity contribution in [2.75, 3.05) is 7.11 Å². The van der Waals surface area contributed by atoms with Gasteiger partial charge in [-0.3, -0.25) is 0 Å². The molecule has 2 rings (SSSR count). The SMILES string of the molecule is COc1ccc(CNC(=O)OCc2ccccc2)cn1. The summed E-state index contributed by atoms with van der Waals surface area (Å²) in [7, 11) is 1.56. The number of pyridine rings is 1. The highest BCUT2D eigenvalue weighted by atomic mass is 16.5. The van der Waals surface area contributed by atoms with Crippen molar-refractivity contribution in [1.29, 1.82) is 0 Å². The molecule has 5 heteroatoms. The highest BCUT2D eigenvalue weighted by Crippen LogP contribution is 2.06. The number of rotatable bonds is 5. The van der Waals surface area contributed by atoms with Gasteiger partial charge in [-0.05, 0) is 11.1 Å². The van der Waals surface area contributed by atoms with Crippen molar-refractivity contribution < 1.29 is 14.3 Å². The smallest absolute Gasteiger partial charge is 0.407 e. The minimum absolute atomic E-state index is 0.257. The van der Waals surface area contributed by atoms with Crippen LogP contribution in [-0.4, -0.2) is 18.2 Å². The lowest BCUT2D eigenvalue weighted by molar-refractivity contribution is 0.139. The lowest BCUT2D eigenvalue weighted by Gasteiger charge is -2.07. The Morgan fingerprint density at radius 1 is 1.15 bits per heavy atom. The van der Waals surface area contributed by atoms with E-state index in [1.54, 1.807) is 19.4 Å². The third-order valence-electron chi connectivity index (χ3n) is 2.66. The molecule has 1 amide bonds. The molecule has 0 radical (unpaired) electrons. The molecule has 0 aliphatic heterocycles. The standard InChI is InChI=1S/C15H16N2O3/c1-19-14-8-7-13(9-16-14)10-17-15(18)20-11-12-5-3-2-4-6-12/h2-9H,10-11H2,1H3,(H,17,18). The van der Waals surface area contributed by atoms with Gasteiger partial charge in [0, 0.05) is 18.8 Å². The molecule has 1 N–H and O–H groups in total. The zero-order valence-electron chi connectivity index (χ0n) is 11.2. The van der Waals surface area contributed by atoms with Crippen molar-refractivity contribution in [2.45, 2.75) is 13.2 Å². The third-order valence-corrected chi connectivity index (χ3v) is 2.66. The van der Waals surface area contributed by atoms with Gasteiger partial charge in [-0.15, -0.1) is 0 Å². The fourth-order valence-electron chi connectivity index (χ4n) is 1.58. The van der Waals surface area contributed by atoms with Gasteiger partial charge in [0.05, 0.1) is 7.11 Å². The van der Waals surface area contributed by atoms with Gasteiger partial charge in [-0.2, -0.15) is 0 Å². The van der Waals surface area contributed by atoms with E-state index in [0.29, 0.717) is 12.4 Å². The van der Waals surface area contributed by atoms with Crippen LogP contribution < -0.4 is 10.1 Å². The number of nitrogens with zero attached hydrogens (tertiary/aromatic N) is 1. The lowest BCUT2D eigenvalue weighted by atomic mass is 10.2. The van der Waals surface area contributed by atoms with Gasteiger partial charge >= 0.3 is 6.09 Å². The Morgan fingerprint density at radius 2 is 1.95 bits per heavy atom. The summed E-state index contributed by atoms with van der Waals surface area (Å²) in [6.07, 6.45) is 1.20. The first-order valence-electron chi connectivity index (χ1n) is 6.21. The van der Waals surface area contributed by atoms with E-state index in [0.717, 1.165) is 11.1 Å². The van der Waals surface area contributed by atoms with Crippen LogP contribution in [-0.2, 0) is 17.9 Å². The number of ether oxygens (including phenoxy) is 2. The average Bonchev–Trinajstić information content (AvgIpc) is 2.52. The molecule has 0 aliphatic carbocycles. The van der Waals surface area contributed by atoms with Crippen LogP contribution in [0.1, 0.15) is 11.1 Å². The van der Waals surface area contributed by atoms with Gasteiger partial charge in [-0.1, -0.05) is 36.4 Å². The van der Waals surface area contributed by atoms with Crippen LogP contribution in [0.25, 0.3) is 0 Å².